The molecule has 7 heteroatoms. The van der Waals surface area contributed by atoms with Gasteiger partial charge in [0.05, 0.1) is 10.4 Å². The smallest absolute Gasteiger partial charge is 0.240 e. The van der Waals surface area contributed by atoms with Crippen LogP contribution >= 0.6 is 0 Å². The maximum atomic E-state index is 12.4. The summed E-state index contributed by atoms with van der Waals surface area (Å²) in [5.74, 6) is 0. The minimum atomic E-state index is -3.58. The van der Waals surface area contributed by atoms with E-state index in [4.69, 9.17) is 5.26 Å². The van der Waals surface area contributed by atoms with Gasteiger partial charge in [-0.1, -0.05) is 6.07 Å². The van der Waals surface area contributed by atoms with Crippen LogP contribution in [0.25, 0.3) is 10.9 Å². The predicted molar refractivity (Wildman–Crippen MR) is 77.7 cm³/mol. The standard InChI is InChI=1S/C14H14N4O2S/c15-10-18-7-5-12(9-18)17-21(19,20)13-3-4-14-11(8-13)2-1-6-16-14/h1-4,6,8,12,17H,5,7,9H2/t12-/m1/s1. The molecule has 0 spiro atoms. The van der Waals surface area contributed by atoms with Gasteiger partial charge >= 0.3 is 0 Å². The summed E-state index contributed by atoms with van der Waals surface area (Å²) in [4.78, 5) is 5.94. The third kappa shape index (κ3) is 2.82. The molecule has 1 saturated heterocycles. The van der Waals surface area contributed by atoms with Crippen molar-refractivity contribution in [2.24, 2.45) is 0 Å². The Hall–Kier alpha value is -2.17. The van der Waals surface area contributed by atoms with Crippen molar-refractivity contribution in [2.45, 2.75) is 17.4 Å². The summed E-state index contributed by atoms with van der Waals surface area (Å²) in [6.07, 6.45) is 4.35. The van der Waals surface area contributed by atoms with Gasteiger partial charge in [0, 0.05) is 30.7 Å². The SMILES string of the molecule is N#CN1CC[C@@H](NS(=O)(=O)c2ccc3ncccc3c2)C1. The first-order valence-corrected chi connectivity index (χ1v) is 8.08. The topological polar surface area (TPSA) is 86.1 Å². The number of fused-ring (bicyclic) bond motifs is 1. The highest BCUT2D eigenvalue weighted by atomic mass is 32.2. The van der Waals surface area contributed by atoms with Gasteiger partial charge in [-0.2, -0.15) is 5.26 Å². The molecule has 0 bridgehead atoms. The molecule has 1 aromatic heterocycles. The maximum Gasteiger partial charge on any atom is 0.240 e. The van der Waals surface area contributed by atoms with Crippen molar-refractivity contribution in [3.8, 4) is 6.19 Å². The molecule has 0 aliphatic carbocycles. The Morgan fingerprint density at radius 1 is 1.38 bits per heavy atom. The minimum absolute atomic E-state index is 0.221. The highest BCUT2D eigenvalue weighted by Gasteiger charge is 2.26. The minimum Gasteiger partial charge on any atom is -0.309 e. The van der Waals surface area contributed by atoms with Gasteiger partial charge in [0.25, 0.3) is 0 Å². The third-order valence-corrected chi connectivity index (χ3v) is 5.05. The molecule has 0 amide bonds. The first-order chi connectivity index (χ1) is 10.1. The molecular weight excluding hydrogens is 288 g/mol. The van der Waals surface area contributed by atoms with Crippen LogP contribution in [-0.2, 0) is 10.0 Å². The van der Waals surface area contributed by atoms with Crippen molar-refractivity contribution in [1.82, 2.24) is 14.6 Å². The van der Waals surface area contributed by atoms with Crippen molar-refractivity contribution in [1.29, 1.82) is 5.26 Å². The lowest BCUT2D eigenvalue weighted by Crippen LogP contribution is -2.36. The summed E-state index contributed by atoms with van der Waals surface area (Å²) in [7, 11) is -3.58. The molecule has 1 N–H and O–H groups in total. The molecule has 1 aromatic carbocycles. The lowest BCUT2D eigenvalue weighted by Gasteiger charge is -2.13. The molecule has 0 unspecified atom stereocenters. The van der Waals surface area contributed by atoms with E-state index in [1.165, 1.54) is 0 Å². The van der Waals surface area contributed by atoms with Crippen LogP contribution in [-0.4, -0.2) is 37.4 Å². The average Bonchev–Trinajstić information content (AvgIpc) is 2.93. The van der Waals surface area contributed by atoms with E-state index >= 15 is 0 Å². The van der Waals surface area contributed by atoms with E-state index in [0.29, 0.717) is 19.5 Å². The van der Waals surface area contributed by atoms with E-state index in [1.807, 2.05) is 12.3 Å². The van der Waals surface area contributed by atoms with Crippen molar-refractivity contribution in [3.05, 3.63) is 36.5 Å². The Bertz CT molecular complexity index is 813. The molecule has 2 aromatic rings. The molecule has 1 atom stereocenters. The molecule has 0 radical (unpaired) electrons. The first kappa shape index (κ1) is 13.8. The average molecular weight is 302 g/mol. The summed E-state index contributed by atoms with van der Waals surface area (Å²) in [5.41, 5.74) is 0.757. The zero-order valence-corrected chi connectivity index (χ0v) is 12.0. The number of nitrogens with zero attached hydrogens (tertiary/aromatic N) is 3. The zero-order chi connectivity index (χ0) is 14.9. The number of sulfonamides is 1. The third-order valence-electron chi connectivity index (χ3n) is 3.54. The molecule has 1 aliphatic heterocycles. The quantitative estimate of drug-likeness (QED) is 0.857. The number of nitriles is 1. The van der Waals surface area contributed by atoms with Gasteiger partial charge in [0.2, 0.25) is 10.0 Å². The van der Waals surface area contributed by atoms with Gasteiger partial charge in [-0.25, -0.2) is 13.1 Å². The highest BCUT2D eigenvalue weighted by molar-refractivity contribution is 7.89. The number of benzene rings is 1. The fourth-order valence-corrected chi connectivity index (χ4v) is 3.75. The van der Waals surface area contributed by atoms with Crippen molar-refractivity contribution in [3.63, 3.8) is 0 Å². The molecular formula is C14H14N4O2S. The van der Waals surface area contributed by atoms with Crippen molar-refractivity contribution < 1.29 is 8.42 Å². The first-order valence-electron chi connectivity index (χ1n) is 6.60. The number of pyridine rings is 1. The van der Waals surface area contributed by atoms with E-state index in [9.17, 15) is 8.42 Å². The van der Waals surface area contributed by atoms with Crippen molar-refractivity contribution in [2.75, 3.05) is 13.1 Å². The lowest BCUT2D eigenvalue weighted by atomic mass is 10.2. The van der Waals surface area contributed by atoms with Crippen LogP contribution in [0, 0.1) is 11.5 Å². The van der Waals surface area contributed by atoms with Crippen LogP contribution in [0.3, 0.4) is 0 Å². The van der Waals surface area contributed by atoms with E-state index in [0.717, 1.165) is 10.9 Å². The van der Waals surface area contributed by atoms with Crippen LogP contribution in [0.15, 0.2) is 41.4 Å². The van der Waals surface area contributed by atoms with Crippen LogP contribution in [0.4, 0.5) is 0 Å². The Morgan fingerprint density at radius 2 is 2.24 bits per heavy atom. The molecule has 6 nitrogen and oxygen atoms in total. The van der Waals surface area contributed by atoms with E-state index in [-0.39, 0.29) is 10.9 Å². The fourth-order valence-electron chi connectivity index (χ4n) is 2.46. The fraction of sp³-hybridized carbons (Fsp3) is 0.286. The molecule has 21 heavy (non-hydrogen) atoms. The Labute approximate surface area is 123 Å². The second-order valence-corrected chi connectivity index (χ2v) is 6.72. The van der Waals surface area contributed by atoms with Crippen molar-refractivity contribution >= 4 is 20.9 Å². The summed E-state index contributed by atoms with van der Waals surface area (Å²) in [5, 5.41) is 9.59. The second-order valence-electron chi connectivity index (χ2n) is 5.01. The van der Waals surface area contributed by atoms with Crippen LogP contribution in [0.2, 0.25) is 0 Å². The molecule has 3 rings (SSSR count). The van der Waals surface area contributed by atoms with Gasteiger partial charge in [-0.05, 0) is 30.7 Å². The summed E-state index contributed by atoms with van der Waals surface area (Å²) >= 11 is 0. The monoisotopic (exact) mass is 302 g/mol. The summed E-state index contributed by atoms with van der Waals surface area (Å²) < 4.78 is 27.4. The lowest BCUT2D eigenvalue weighted by molar-refractivity contribution is 0.470. The van der Waals surface area contributed by atoms with Crippen LogP contribution in [0.1, 0.15) is 6.42 Å². The number of rotatable bonds is 3. The Kier molecular flexibility index (Phi) is 3.49. The van der Waals surface area contributed by atoms with Crippen LogP contribution < -0.4 is 4.72 Å². The van der Waals surface area contributed by atoms with Gasteiger partial charge in [-0.3, -0.25) is 4.98 Å². The summed E-state index contributed by atoms with van der Waals surface area (Å²) in [6.45, 7) is 1.01. The number of aromatic nitrogens is 1. The van der Waals surface area contributed by atoms with Crippen LogP contribution in [0.5, 0.6) is 0 Å². The van der Waals surface area contributed by atoms with Gasteiger partial charge in [0.1, 0.15) is 0 Å². The largest absolute Gasteiger partial charge is 0.309 e. The van der Waals surface area contributed by atoms with E-state index < -0.39 is 10.0 Å². The predicted octanol–water partition coefficient (Wildman–Crippen LogP) is 1.07. The normalized spacial score (nSPS) is 18.8. The molecule has 108 valence electrons. The molecule has 1 fully saturated rings. The second kappa shape index (κ2) is 5.31. The molecule has 2 heterocycles. The molecule has 0 saturated carbocycles. The maximum absolute atomic E-state index is 12.4. The number of likely N-dealkylation sites (tertiary alicyclic amines) is 1. The number of hydrogen-bond acceptors (Lipinski definition) is 5. The Balaban J connectivity index is 1.85. The molecule has 1 aliphatic rings. The van der Waals surface area contributed by atoms with Gasteiger partial charge < -0.3 is 4.90 Å². The highest BCUT2D eigenvalue weighted by Crippen LogP contribution is 2.18. The van der Waals surface area contributed by atoms with E-state index in [1.54, 1.807) is 35.4 Å². The zero-order valence-electron chi connectivity index (χ0n) is 11.2. The summed E-state index contributed by atoms with van der Waals surface area (Å²) in [6, 6.07) is 8.23. The number of hydrogen-bond donors (Lipinski definition) is 1. The number of nitrogens with one attached hydrogen (secondary N) is 1. The van der Waals surface area contributed by atoms with Gasteiger partial charge in [-0.15, -0.1) is 0 Å². The van der Waals surface area contributed by atoms with E-state index in [2.05, 4.69) is 9.71 Å². The Morgan fingerprint density at radius 3 is 3.00 bits per heavy atom. The van der Waals surface area contributed by atoms with Gasteiger partial charge in [0.15, 0.2) is 6.19 Å².